The van der Waals surface area contributed by atoms with Crippen LogP contribution in [0.3, 0.4) is 0 Å². The van der Waals surface area contributed by atoms with Gasteiger partial charge in [-0.05, 0) is 31.0 Å². The van der Waals surface area contributed by atoms with Crippen molar-refractivity contribution < 1.29 is 18.0 Å². The van der Waals surface area contributed by atoms with Crippen LogP contribution >= 0.6 is 11.3 Å². The van der Waals surface area contributed by atoms with Crippen molar-refractivity contribution in [2.75, 3.05) is 23.1 Å². The maximum absolute atomic E-state index is 12.4. The summed E-state index contributed by atoms with van der Waals surface area (Å²) in [4.78, 5) is 25.2. The van der Waals surface area contributed by atoms with Crippen LogP contribution in [0.25, 0.3) is 0 Å². The second-order valence-corrected chi connectivity index (χ2v) is 8.57. The average Bonchev–Trinajstić information content (AvgIpc) is 3.25. The summed E-state index contributed by atoms with van der Waals surface area (Å²) < 4.78 is 27.0. The number of nitrogens with zero attached hydrogens (tertiary/aromatic N) is 3. The van der Waals surface area contributed by atoms with Gasteiger partial charge in [0.05, 0.1) is 0 Å². The summed E-state index contributed by atoms with van der Waals surface area (Å²) in [7, 11) is -3.97. The van der Waals surface area contributed by atoms with E-state index in [1.165, 1.54) is 13.0 Å². The average molecular weight is 395 g/mol. The number of aromatic nitrogens is 2. The largest absolute Gasteiger partial charge is 0.339 e. The third kappa shape index (κ3) is 4.17. The number of amides is 2. The van der Waals surface area contributed by atoms with Gasteiger partial charge >= 0.3 is 0 Å². The molecule has 0 bridgehead atoms. The number of hydrogen-bond acceptors (Lipinski definition) is 7. The lowest BCUT2D eigenvalue weighted by Crippen LogP contribution is -2.27. The van der Waals surface area contributed by atoms with Gasteiger partial charge in [-0.25, -0.2) is 0 Å². The third-order valence-electron chi connectivity index (χ3n) is 3.67. The van der Waals surface area contributed by atoms with Crippen LogP contribution in [0.1, 0.15) is 30.1 Å². The van der Waals surface area contributed by atoms with Crippen LogP contribution in [0.5, 0.6) is 0 Å². The van der Waals surface area contributed by atoms with Gasteiger partial charge in [0.15, 0.2) is 0 Å². The first-order valence-electron chi connectivity index (χ1n) is 7.88. The Labute approximate surface area is 154 Å². The van der Waals surface area contributed by atoms with Gasteiger partial charge in [0.25, 0.3) is 20.3 Å². The highest BCUT2D eigenvalue weighted by Gasteiger charge is 2.23. The zero-order valence-electron chi connectivity index (χ0n) is 13.9. The molecule has 1 aliphatic heterocycles. The Balaban J connectivity index is 1.77. The zero-order chi connectivity index (χ0) is 18.7. The summed E-state index contributed by atoms with van der Waals surface area (Å²) in [5.74, 6) is -0.487. The van der Waals surface area contributed by atoms with Crippen LogP contribution in [0.4, 0.5) is 10.8 Å². The smallest absolute Gasteiger partial charge is 0.291 e. The van der Waals surface area contributed by atoms with Crippen LogP contribution in [0.2, 0.25) is 0 Å². The summed E-state index contributed by atoms with van der Waals surface area (Å²) >= 11 is 0.739. The van der Waals surface area contributed by atoms with E-state index in [1.54, 1.807) is 23.1 Å². The third-order valence-corrected chi connectivity index (χ3v) is 6.26. The summed E-state index contributed by atoms with van der Waals surface area (Å²) in [6, 6.07) is 6.31. The number of rotatable bonds is 5. The monoisotopic (exact) mass is 395 g/mol. The van der Waals surface area contributed by atoms with Gasteiger partial charge in [-0.2, -0.15) is 8.42 Å². The molecule has 1 saturated heterocycles. The molecule has 0 unspecified atom stereocenters. The highest BCUT2D eigenvalue weighted by molar-refractivity contribution is 7.94. The lowest BCUT2D eigenvalue weighted by Gasteiger charge is -2.15. The van der Waals surface area contributed by atoms with E-state index >= 15 is 0 Å². The first-order chi connectivity index (χ1) is 12.3. The van der Waals surface area contributed by atoms with Crippen molar-refractivity contribution in [2.45, 2.75) is 24.1 Å². The normalized spacial score (nSPS) is 14.3. The number of benzene rings is 1. The molecule has 1 aromatic carbocycles. The molecule has 1 aromatic heterocycles. The number of anilines is 2. The van der Waals surface area contributed by atoms with Crippen LogP contribution in [0, 0.1) is 0 Å². The second-order valence-electron chi connectivity index (χ2n) is 5.74. The molecule has 11 heteroatoms. The van der Waals surface area contributed by atoms with Crippen LogP contribution in [-0.2, 0) is 14.8 Å². The second kappa shape index (κ2) is 7.38. The van der Waals surface area contributed by atoms with Crippen molar-refractivity contribution in [1.82, 2.24) is 15.1 Å². The van der Waals surface area contributed by atoms with Crippen molar-refractivity contribution in [2.24, 2.45) is 0 Å². The predicted molar refractivity (Wildman–Crippen MR) is 96.6 cm³/mol. The maximum Gasteiger partial charge on any atom is 0.291 e. The fourth-order valence-electron chi connectivity index (χ4n) is 2.54. The van der Waals surface area contributed by atoms with E-state index in [0.717, 1.165) is 24.2 Å². The van der Waals surface area contributed by atoms with E-state index in [0.29, 0.717) is 18.7 Å². The van der Waals surface area contributed by atoms with Crippen LogP contribution < -0.4 is 10.0 Å². The molecular formula is C15H17N5O4S2. The highest BCUT2D eigenvalue weighted by atomic mass is 32.2. The minimum atomic E-state index is -3.97. The van der Waals surface area contributed by atoms with Gasteiger partial charge in [-0.1, -0.05) is 17.4 Å². The summed E-state index contributed by atoms with van der Waals surface area (Å²) in [6.45, 7) is 2.72. The van der Waals surface area contributed by atoms with Crippen LogP contribution in [-0.4, -0.2) is 48.4 Å². The molecule has 2 heterocycles. The van der Waals surface area contributed by atoms with Crippen molar-refractivity contribution in [3.05, 3.63) is 29.8 Å². The summed E-state index contributed by atoms with van der Waals surface area (Å²) in [5.41, 5.74) is 0.676. The topological polar surface area (TPSA) is 121 Å². The molecule has 2 N–H and O–H groups in total. The van der Waals surface area contributed by atoms with Gasteiger partial charge in [0.1, 0.15) is 0 Å². The molecule has 0 aliphatic carbocycles. The Bertz CT molecular complexity index is 935. The maximum atomic E-state index is 12.4. The minimum absolute atomic E-state index is 0.0934. The van der Waals surface area contributed by atoms with Crippen molar-refractivity contribution in [1.29, 1.82) is 0 Å². The van der Waals surface area contributed by atoms with Gasteiger partial charge < -0.3 is 10.2 Å². The first kappa shape index (κ1) is 18.3. The Morgan fingerprint density at radius 2 is 1.92 bits per heavy atom. The van der Waals surface area contributed by atoms with E-state index < -0.39 is 10.0 Å². The number of carbonyl (C=O) groups is 2. The molecule has 3 rings (SSSR count). The fourth-order valence-corrected chi connectivity index (χ4v) is 4.53. The van der Waals surface area contributed by atoms with E-state index in [2.05, 4.69) is 20.2 Å². The lowest BCUT2D eigenvalue weighted by atomic mass is 10.2. The van der Waals surface area contributed by atoms with E-state index in [-0.39, 0.29) is 27.0 Å². The molecule has 26 heavy (non-hydrogen) atoms. The molecule has 0 spiro atoms. The Morgan fingerprint density at radius 1 is 1.19 bits per heavy atom. The number of nitrogens with one attached hydrogen (secondary N) is 2. The highest BCUT2D eigenvalue weighted by Crippen LogP contribution is 2.23. The Morgan fingerprint density at radius 3 is 2.62 bits per heavy atom. The zero-order valence-corrected chi connectivity index (χ0v) is 15.6. The van der Waals surface area contributed by atoms with Gasteiger partial charge in [0, 0.05) is 31.3 Å². The summed E-state index contributed by atoms with van der Waals surface area (Å²) in [5, 5.41) is 9.68. The standard InChI is InChI=1S/C15H17N5O4S2/c1-10(21)16-14-17-18-15(25-14)26(23,24)19-12-6-4-5-11(9-12)13(22)20-7-2-3-8-20/h4-6,9,19H,2-3,7-8H2,1H3,(H,16,17,21). The molecule has 1 fully saturated rings. The van der Waals surface area contributed by atoms with E-state index in [1.807, 2.05) is 0 Å². The first-order valence-corrected chi connectivity index (χ1v) is 10.2. The Hall–Kier alpha value is -2.53. The lowest BCUT2D eigenvalue weighted by molar-refractivity contribution is -0.114. The van der Waals surface area contributed by atoms with Gasteiger partial charge in [0.2, 0.25) is 11.0 Å². The quantitative estimate of drug-likeness (QED) is 0.741. The van der Waals surface area contributed by atoms with Gasteiger partial charge in [-0.15, -0.1) is 10.2 Å². The summed E-state index contributed by atoms with van der Waals surface area (Å²) in [6.07, 6.45) is 1.96. The number of sulfonamides is 1. The Kier molecular flexibility index (Phi) is 5.18. The van der Waals surface area contributed by atoms with Crippen molar-refractivity contribution >= 4 is 44.0 Å². The molecule has 1 aliphatic rings. The molecule has 2 amide bonds. The SMILES string of the molecule is CC(=O)Nc1nnc(S(=O)(=O)Nc2cccc(C(=O)N3CCCC3)c2)s1. The minimum Gasteiger partial charge on any atom is -0.339 e. The number of carbonyl (C=O) groups excluding carboxylic acids is 2. The molecule has 0 saturated carbocycles. The number of likely N-dealkylation sites (tertiary alicyclic amines) is 1. The van der Waals surface area contributed by atoms with Gasteiger partial charge in [-0.3, -0.25) is 14.3 Å². The molecule has 0 atom stereocenters. The molecule has 9 nitrogen and oxygen atoms in total. The van der Waals surface area contributed by atoms with Crippen molar-refractivity contribution in [3.8, 4) is 0 Å². The van der Waals surface area contributed by atoms with Crippen LogP contribution in [0.15, 0.2) is 28.6 Å². The molecular weight excluding hydrogens is 378 g/mol. The number of hydrogen-bond donors (Lipinski definition) is 2. The fraction of sp³-hybridized carbons (Fsp3) is 0.333. The molecule has 0 radical (unpaired) electrons. The van der Waals surface area contributed by atoms with E-state index in [4.69, 9.17) is 0 Å². The predicted octanol–water partition coefficient (Wildman–Crippen LogP) is 1.53. The van der Waals surface area contributed by atoms with Crippen molar-refractivity contribution in [3.63, 3.8) is 0 Å². The molecule has 2 aromatic rings. The molecule has 138 valence electrons. The van der Waals surface area contributed by atoms with E-state index in [9.17, 15) is 18.0 Å².